The fraction of sp³-hybridized carbons (Fsp3) is 0.235. The third-order valence-electron chi connectivity index (χ3n) is 2.86. The minimum absolute atomic E-state index is 0.244. The zero-order chi connectivity index (χ0) is 16.7. The molecule has 0 fully saturated rings. The van der Waals surface area contributed by atoms with Gasteiger partial charge in [0.15, 0.2) is 0 Å². The normalized spacial score (nSPS) is 10.2. The molecular formula is C17H19N3O3. The van der Waals surface area contributed by atoms with Gasteiger partial charge in [-0.15, -0.1) is 0 Å². The van der Waals surface area contributed by atoms with Crippen molar-refractivity contribution >= 4 is 23.4 Å². The number of benzene rings is 1. The van der Waals surface area contributed by atoms with Crippen LogP contribution in [0.5, 0.6) is 0 Å². The number of hydrogen-bond donors (Lipinski definition) is 2. The predicted molar refractivity (Wildman–Crippen MR) is 88.4 cm³/mol. The first kappa shape index (κ1) is 16.5. The summed E-state index contributed by atoms with van der Waals surface area (Å²) in [6.45, 7) is 4.27. The highest BCUT2D eigenvalue weighted by Gasteiger charge is 2.08. The maximum Gasteiger partial charge on any atom is 0.411 e. The molecule has 120 valence electrons. The van der Waals surface area contributed by atoms with Crippen molar-refractivity contribution in [2.75, 3.05) is 17.2 Å². The largest absolute Gasteiger partial charge is 0.449 e. The van der Waals surface area contributed by atoms with Gasteiger partial charge in [-0.1, -0.05) is 19.9 Å². The Morgan fingerprint density at radius 3 is 2.39 bits per heavy atom. The Labute approximate surface area is 134 Å². The molecule has 0 aliphatic heterocycles. The monoisotopic (exact) mass is 313 g/mol. The number of anilines is 2. The summed E-state index contributed by atoms with van der Waals surface area (Å²) in [6.07, 6.45) is 2.59. The molecule has 0 unspecified atom stereocenters. The van der Waals surface area contributed by atoms with Gasteiger partial charge in [0.25, 0.3) is 5.91 Å². The molecule has 2 rings (SSSR count). The molecule has 6 heteroatoms. The lowest BCUT2D eigenvalue weighted by Gasteiger charge is -2.10. The number of carbonyl (C=O) groups excluding carboxylic acids is 2. The lowest BCUT2D eigenvalue weighted by atomic mass is 10.2. The summed E-state index contributed by atoms with van der Waals surface area (Å²) in [5.41, 5.74) is 1.63. The second kappa shape index (κ2) is 7.93. The van der Waals surface area contributed by atoms with Crippen molar-refractivity contribution in [3.8, 4) is 0 Å². The third kappa shape index (κ3) is 5.43. The average Bonchev–Trinajstić information content (AvgIpc) is 2.54. The summed E-state index contributed by atoms with van der Waals surface area (Å²) in [4.78, 5) is 27.6. The van der Waals surface area contributed by atoms with E-state index < -0.39 is 6.09 Å². The number of nitrogens with zero attached hydrogens (tertiary/aromatic N) is 1. The van der Waals surface area contributed by atoms with Crippen LogP contribution >= 0.6 is 0 Å². The molecule has 0 atom stereocenters. The SMILES string of the molecule is CC(C)COC(=O)Nc1cccc(NC(=O)c2ccncc2)c1. The summed E-state index contributed by atoms with van der Waals surface area (Å²) in [6, 6.07) is 10.1. The van der Waals surface area contributed by atoms with E-state index in [1.807, 2.05) is 13.8 Å². The van der Waals surface area contributed by atoms with E-state index >= 15 is 0 Å². The summed E-state index contributed by atoms with van der Waals surface area (Å²) >= 11 is 0. The first-order valence-corrected chi connectivity index (χ1v) is 7.30. The molecule has 0 radical (unpaired) electrons. The van der Waals surface area contributed by atoms with Crippen molar-refractivity contribution in [3.05, 3.63) is 54.4 Å². The van der Waals surface area contributed by atoms with Crippen LogP contribution in [0.1, 0.15) is 24.2 Å². The molecule has 0 saturated carbocycles. The highest BCUT2D eigenvalue weighted by Crippen LogP contribution is 2.16. The van der Waals surface area contributed by atoms with Crippen molar-refractivity contribution in [1.29, 1.82) is 0 Å². The number of rotatable bonds is 5. The van der Waals surface area contributed by atoms with Gasteiger partial charge >= 0.3 is 6.09 Å². The quantitative estimate of drug-likeness (QED) is 0.884. The van der Waals surface area contributed by atoms with Crippen molar-refractivity contribution in [2.24, 2.45) is 5.92 Å². The van der Waals surface area contributed by atoms with Gasteiger partial charge in [0, 0.05) is 29.3 Å². The fourth-order valence-electron chi connectivity index (χ4n) is 1.78. The predicted octanol–water partition coefficient (Wildman–Crippen LogP) is 3.54. The van der Waals surface area contributed by atoms with Crippen LogP contribution in [0.3, 0.4) is 0 Å². The Kier molecular flexibility index (Phi) is 5.68. The Morgan fingerprint density at radius 2 is 1.74 bits per heavy atom. The van der Waals surface area contributed by atoms with Crippen LogP contribution < -0.4 is 10.6 Å². The maximum atomic E-state index is 12.1. The molecular weight excluding hydrogens is 294 g/mol. The minimum atomic E-state index is -0.517. The van der Waals surface area contributed by atoms with Crippen LogP contribution in [-0.2, 0) is 4.74 Å². The van der Waals surface area contributed by atoms with E-state index in [0.717, 1.165) is 0 Å². The lowest BCUT2D eigenvalue weighted by Crippen LogP contribution is -2.17. The molecule has 0 aliphatic rings. The molecule has 23 heavy (non-hydrogen) atoms. The zero-order valence-corrected chi connectivity index (χ0v) is 13.1. The topological polar surface area (TPSA) is 80.3 Å². The van der Waals surface area contributed by atoms with Crippen molar-refractivity contribution < 1.29 is 14.3 Å². The Morgan fingerprint density at radius 1 is 1.09 bits per heavy atom. The Hall–Kier alpha value is -2.89. The molecule has 1 aromatic carbocycles. The van der Waals surface area contributed by atoms with Gasteiger partial charge in [-0.3, -0.25) is 15.1 Å². The molecule has 0 spiro atoms. The number of carbonyl (C=O) groups is 2. The molecule has 2 N–H and O–H groups in total. The van der Waals surface area contributed by atoms with E-state index in [1.165, 1.54) is 0 Å². The third-order valence-corrected chi connectivity index (χ3v) is 2.86. The van der Waals surface area contributed by atoms with E-state index in [4.69, 9.17) is 4.74 Å². The van der Waals surface area contributed by atoms with Crippen LogP contribution in [0.2, 0.25) is 0 Å². The van der Waals surface area contributed by atoms with Gasteiger partial charge in [0.05, 0.1) is 6.61 Å². The number of ether oxygens (including phenoxy) is 1. The van der Waals surface area contributed by atoms with Crippen molar-refractivity contribution in [2.45, 2.75) is 13.8 Å². The molecule has 2 aromatic rings. The average molecular weight is 313 g/mol. The summed E-state index contributed by atoms with van der Waals surface area (Å²) < 4.78 is 5.05. The summed E-state index contributed by atoms with van der Waals surface area (Å²) in [5.74, 6) is 0.0265. The fourth-order valence-corrected chi connectivity index (χ4v) is 1.78. The summed E-state index contributed by atoms with van der Waals surface area (Å²) in [7, 11) is 0. The first-order valence-electron chi connectivity index (χ1n) is 7.30. The van der Waals surface area contributed by atoms with Crippen LogP contribution in [-0.4, -0.2) is 23.6 Å². The van der Waals surface area contributed by atoms with Crippen LogP contribution in [0, 0.1) is 5.92 Å². The molecule has 0 saturated heterocycles. The number of aromatic nitrogens is 1. The number of pyridine rings is 1. The molecule has 1 aromatic heterocycles. The smallest absolute Gasteiger partial charge is 0.411 e. The van der Waals surface area contributed by atoms with Gasteiger partial charge in [-0.25, -0.2) is 4.79 Å². The van der Waals surface area contributed by atoms with E-state index in [9.17, 15) is 9.59 Å². The Bertz CT molecular complexity index is 672. The number of amides is 2. The zero-order valence-electron chi connectivity index (χ0n) is 13.1. The van der Waals surface area contributed by atoms with E-state index in [1.54, 1.807) is 48.8 Å². The van der Waals surface area contributed by atoms with Crippen LogP contribution in [0.25, 0.3) is 0 Å². The van der Waals surface area contributed by atoms with Gasteiger partial charge in [-0.2, -0.15) is 0 Å². The van der Waals surface area contributed by atoms with Gasteiger partial charge in [0.2, 0.25) is 0 Å². The second-order valence-corrected chi connectivity index (χ2v) is 5.39. The minimum Gasteiger partial charge on any atom is -0.449 e. The molecule has 1 heterocycles. The van der Waals surface area contributed by atoms with Gasteiger partial charge in [-0.05, 0) is 36.2 Å². The maximum absolute atomic E-state index is 12.1. The van der Waals surface area contributed by atoms with Crippen LogP contribution in [0.15, 0.2) is 48.8 Å². The van der Waals surface area contributed by atoms with E-state index in [-0.39, 0.29) is 11.8 Å². The van der Waals surface area contributed by atoms with E-state index in [0.29, 0.717) is 23.5 Å². The highest BCUT2D eigenvalue weighted by atomic mass is 16.5. The highest BCUT2D eigenvalue weighted by molar-refractivity contribution is 6.04. The molecule has 0 aliphatic carbocycles. The molecule has 2 amide bonds. The van der Waals surface area contributed by atoms with Gasteiger partial charge < -0.3 is 10.1 Å². The number of nitrogens with one attached hydrogen (secondary N) is 2. The standard InChI is InChI=1S/C17H19N3O3/c1-12(2)11-23-17(22)20-15-5-3-4-14(10-15)19-16(21)13-6-8-18-9-7-13/h3-10,12H,11H2,1-2H3,(H,19,21)(H,20,22). The van der Waals surface area contributed by atoms with Crippen molar-refractivity contribution in [3.63, 3.8) is 0 Å². The number of hydrogen-bond acceptors (Lipinski definition) is 4. The Balaban J connectivity index is 1.97. The second-order valence-electron chi connectivity index (χ2n) is 5.39. The van der Waals surface area contributed by atoms with E-state index in [2.05, 4.69) is 15.6 Å². The van der Waals surface area contributed by atoms with Crippen LogP contribution in [0.4, 0.5) is 16.2 Å². The van der Waals surface area contributed by atoms with Crippen molar-refractivity contribution in [1.82, 2.24) is 4.98 Å². The first-order chi connectivity index (χ1) is 11.0. The van der Waals surface area contributed by atoms with Gasteiger partial charge in [0.1, 0.15) is 0 Å². The molecule has 0 bridgehead atoms. The molecule has 6 nitrogen and oxygen atoms in total. The lowest BCUT2D eigenvalue weighted by molar-refractivity contribution is 0.102. The summed E-state index contributed by atoms with van der Waals surface area (Å²) in [5, 5.41) is 5.39.